The fourth-order valence-corrected chi connectivity index (χ4v) is 5.03. The largest absolute Gasteiger partial charge is 0.507 e. The molecule has 198 valence electrons. The van der Waals surface area contributed by atoms with E-state index in [1.165, 1.54) is 17.0 Å². The standard InChI is InChI=1S/C31H26ClNO6/c1-3-38-25-17-20(12-14-22(25)32)29(35)27-28(19-13-15-24(34)26(16-19)39-4-2)33(31(37)30(27)36)23-11-7-9-18-8-5-6-10-21(18)23/h5-17,28,34-35H,3-4H2,1-2H3/b29-27+. The Bertz CT molecular complexity index is 1620. The lowest BCUT2D eigenvalue weighted by Gasteiger charge is -2.27. The summed E-state index contributed by atoms with van der Waals surface area (Å²) in [6.07, 6.45) is 0. The van der Waals surface area contributed by atoms with E-state index in [1.54, 1.807) is 44.2 Å². The van der Waals surface area contributed by atoms with Crippen molar-refractivity contribution in [1.29, 1.82) is 0 Å². The summed E-state index contributed by atoms with van der Waals surface area (Å²) < 4.78 is 11.2. The van der Waals surface area contributed by atoms with Gasteiger partial charge in [0.1, 0.15) is 11.5 Å². The number of rotatable bonds is 7. The molecule has 0 aromatic heterocycles. The van der Waals surface area contributed by atoms with E-state index >= 15 is 0 Å². The molecule has 5 rings (SSSR count). The van der Waals surface area contributed by atoms with Crippen LogP contribution in [0.1, 0.15) is 31.0 Å². The van der Waals surface area contributed by atoms with Crippen LogP contribution in [0, 0.1) is 0 Å². The Morgan fingerprint density at radius 2 is 1.62 bits per heavy atom. The van der Waals surface area contributed by atoms with Crippen LogP contribution in [0.2, 0.25) is 5.02 Å². The Morgan fingerprint density at radius 3 is 2.38 bits per heavy atom. The molecule has 0 aliphatic carbocycles. The maximum atomic E-state index is 13.7. The van der Waals surface area contributed by atoms with Gasteiger partial charge in [0, 0.05) is 10.9 Å². The van der Waals surface area contributed by atoms with Crippen LogP contribution < -0.4 is 14.4 Å². The molecule has 4 aromatic carbocycles. The summed E-state index contributed by atoms with van der Waals surface area (Å²) in [5.41, 5.74) is 1.15. The van der Waals surface area contributed by atoms with E-state index in [4.69, 9.17) is 21.1 Å². The van der Waals surface area contributed by atoms with Gasteiger partial charge in [-0.25, -0.2) is 0 Å². The van der Waals surface area contributed by atoms with Gasteiger partial charge in [-0.05, 0) is 61.2 Å². The fraction of sp³-hybridized carbons (Fsp3) is 0.161. The molecule has 8 heteroatoms. The Kier molecular flexibility index (Phi) is 7.17. The van der Waals surface area contributed by atoms with Crippen molar-refractivity contribution in [1.82, 2.24) is 0 Å². The molecule has 39 heavy (non-hydrogen) atoms. The average molecular weight is 544 g/mol. The van der Waals surface area contributed by atoms with Crippen molar-refractivity contribution in [2.24, 2.45) is 0 Å². The molecule has 0 radical (unpaired) electrons. The van der Waals surface area contributed by atoms with Crippen molar-refractivity contribution >= 4 is 45.5 Å². The number of nitrogens with zero attached hydrogens (tertiary/aromatic N) is 1. The second kappa shape index (κ2) is 10.7. The molecule has 0 saturated carbocycles. The number of carbonyl (C=O) groups excluding carboxylic acids is 2. The first-order valence-electron chi connectivity index (χ1n) is 12.5. The van der Waals surface area contributed by atoms with Crippen molar-refractivity contribution in [3.8, 4) is 17.2 Å². The number of phenolic OH excluding ortho intramolecular Hbond substituents is 1. The van der Waals surface area contributed by atoms with Crippen LogP contribution in [0.15, 0.2) is 84.4 Å². The number of carbonyl (C=O) groups is 2. The van der Waals surface area contributed by atoms with Crippen molar-refractivity contribution in [3.05, 3.63) is 101 Å². The van der Waals surface area contributed by atoms with Gasteiger partial charge in [-0.3, -0.25) is 14.5 Å². The molecule has 1 unspecified atom stereocenters. The number of benzene rings is 4. The summed E-state index contributed by atoms with van der Waals surface area (Å²) in [6.45, 7) is 4.23. The summed E-state index contributed by atoms with van der Waals surface area (Å²) in [7, 11) is 0. The maximum Gasteiger partial charge on any atom is 0.300 e. The molecular formula is C31H26ClNO6. The van der Waals surface area contributed by atoms with Crippen LogP contribution >= 0.6 is 11.6 Å². The third-order valence-electron chi connectivity index (χ3n) is 6.57. The SMILES string of the molecule is CCOc1cc(C2/C(=C(\O)c3ccc(Cl)c(OCC)c3)C(=O)C(=O)N2c2cccc3ccccc23)ccc1O. The lowest BCUT2D eigenvalue weighted by molar-refractivity contribution is -0.132. The van der Waals surface area contributed by atoms with Gasteiger partial charge in [-0.2, -0.15) is 0 Å². The summed E-state index contributed by atoms with van der Waals surface area (Å²) in [6, 6.07) is 21.3. The highest BCUT2D eigenvalue weighted by atomic mass is 35.5. The highest BCUT2D eigenvalue weighted by Crippen LogP contribution is 2.46. The summed E-state index contributed by atoms with van der Waals surface area (Å²) in [5.74, 6) is -1.55. The molecule has 1 saturated heterocycles. The maximum absolute atomic E-state index is 13.7. The first kappa shape index (κ1) is 26.1. The molecule has 1 aliphatic rings. The summed E-state index contributed by atoms with van der Waals surface area (Å²) >= 11 is 6.25. The molecule has 2 N–H and O–H groups in total. The number of anilines is 1. The van der Waals surface area contributed by atoms with Gasteiger partial charge >= 0.3 is 0 Å². The predicted octanol–water partition coefficient (Wildman–Crippen LogP) is 6.62. The molecule has 7 nitrogen and oxygen atoms in total. The second-order valence-corrected chi connectivity index (χ2v) is 9.31. The molecule has 1 fully saturated rings. The first-order chi connectivity index (χ1) is 18.8. The van der Waals surface area contributed by atoms with Crippen molar-refractivity contribution in [2.75, 3.05) is 18.1 Å². The second-order valence-electron chi connectivity index (χ2n) is 8.91. The third-order valence-corrected chi connectivity index (χ3v) is 6.89. The van der Waals surface area contributed by atoms with Crippen LogP contribution in [0.25, 0.3) is 16.5 Å². The van der Waals surface area contributed by atoms with E-state index in [9.17, 15) is 19.8 Å². The molecule has 0 spiro atoms. The number of aliphatic hydroxyl groups is 1. The van der Waals surface area contributed by atoms with E-state index < -0.39 is 17.7 Å². The van der Waals surface area contributed by atoms with Gasteiger partial charge in [-0.1, -0.05) is 54.1 Å². The molecule has 4 aromatic rings. The van der Waals surface area contributed by atoms with Crippen LogP contribution in [0.4, 0.5) is 5.69 Å². The Morgan fingerprint density at radius 1 is 0.897 bits per heavy atom. The number of Topliss-reactive ketones (excluding diaryl/α,β-unsaturated/α-hetero) is 1. The monoisotopic (exact) mass is 543 g/mol. The summed E-state index contributed by atoms with van der Waals surface area (Å²) in [4.78, 5) is 28.7. The molecule has 1 aliphatic heterocycles. The van der Waals surface area contributed by atoms with E-state index in [-0.39, 0.29) is 28.4 Å². The van der Waals surface area contributed by atoms with Crippen LogP contribution in [-0.2, 0) is 9.59 Å². The minimum atomic E-state index is -1.01. The number of ketones is 1. The first-order valence-corrected chi connectivity index (χ1v) is 12.9. The predicted molar refractivity (Wildman–Crippen MR) is 151 cm³/mol. The number of aromatic hydroxyl groups is 1. The number of aliphatic hydroxyl groups excluding tert-OH is 1. The highest BCUT2D eigenvalue weighted by Gasteiger charge is 2.47. The van der Waals surface area contributed by atoms with Gasteiger partial charge in [-0.15, -0.1) is 0 Å². The van der Waals surface area contributed by atoms with E-state index in [0.717, 1.165) is 10.8 Å². The van der Waals surface area contributed by atoms with Crippen LogP contribution in [0.5, 0.6) is 17.2 Å². The quantitative estimate of drug-likeness (QED) is 0.154. The Balaban J connectivity index is 1.77. The Hall–Kier alpha value is -4.49. The zero-order valence-electron chi connectivity index (χ0n) is 21.3. The lowest BCUT2D eigenvalue weighted by Crippen LogP contribution is -2.29. The topological polar surface area (TPSA) is 96.3 Å². The van der Waals surface area contributed by atoms with Gasteiger partial charge in [0.05, 0.1) is 35.5 Å². The van der Waals surface area contributed by atoms with Crippen molar-refractivity contribution < 1.29 is 29.3 Å². The zero-order valence-corrected chi connectivity index (χ0v) is 22.1. The zero-order chi connectivity index (χ0) is 27.7. The van der Waals surface area contributed by atoms with Gasteiger partial charge < -0.3 is 19.7 Å². The minimum absolute atomic E-state index is 0.0817. The number of hydrogen-bond donors (Lipinski definition) is 2. The number of halogens is 1. The smallest absolute Gasteiger partial charge is 0.300 e. The van der Waals surface area contributed by atoms with Crippen LogP contribution in [-0.4, -0.2) is 35.1 Å². The molecule has 1 heterocycles. The average Bonchev–Trinajstić information content (AvgIpc) is 3.20. The Labute approximate surface area is 230 Å². The number of hydrogen-bond acceptors (Lipinski definition) is 6. The van der Waals surface area contributed by atoms with Gasteiger partial charge in [0.25, 0.3) is 11.7 Å². The summed E-state index contributed by atoms with van der Waals surface area (Å²) in [5, 5.41) is 23.9. The minimum Gasteiger partial charge on any atom is -0.507 e. The van der Waals surface area contributed by atoms with Gasteiger partial charge in [0.15, 0.2) is 11.5 Å². The van der Waals surface area contributed by atoms with Crippen molar-refractivity contribution in [3.63, 3.8) is 0 Å². The number of phenols is 1. The van der Waals surface area contributed by atoms with E-state index in [1.807, 2.05) is 36.4 Å². The third kappa shape index (κ3) is 4.66. The molecule has 1 amide bonds. The molecular weight excluding hydrogens is 518 g/mol. The van der Waals surface area contributed by atoms with Crippen LogP contribution in [0.3, 0.4) is 0 Å². The van der Waals surface area contributed by atoms with Crippen molar-refractivity contribution in [2.45, 2.75) is 19.9 Å². The highest BCUT2D eigenvalue weighted by molar-refractivity contribution is 6.52. The lowest BCUT2D eigenvalue weighted by atomic mass is 9.94. The fourth-order valence-electron chi connectivity index (χ4n) is 4.86. The normalized spacial score (nSPS) is 16.6. The van der Waals surface area contributed by atoms with Gasteiger partial charge in [0.2, 0.25) is 0 Å². The van der Waals surface area contributed by atoms with E-state index in [2.05, 4.69) is 0 Å². The molecule has 1 atom stereocenters. The number of amides is 1. The van der Waals surface area contributed by atoms with E-state index in [0.29, 0.717) is 35.2 Å². The molecule has 0 bridgehead atoms. The number of ether oxygens (including phenoxy) is 2. The number of fused-ring (bicyclic) bond motifs is 1.